The molecule has 0 heterocycles. The first kappa shape index (κ1) is 14.0. The van der Waals surface area contributed by atoms with Crippen LogP contribution in [0.1, 0.15) is 53.4 Å². The van der Waals surface area contributed by atoms with E-state index in [2.05, 4.69) is 5.32 Å². The van der Waals surface area contributed by atoms with Crippen LogP contribution in [0.5, 0.6) is 0 Å². The number of rotatable bonds is 5. The number of amides is 1. The molecule has 4 heteroatoms. The number of alkyl carbamates (subject to hydrolysis) is 1. The van der Waals surface area contributed by atoms with Crippen molar-refractivity contribution < 1.29 is 14.3 Å². The molecule has 0 aliphatic heterocycles. The van der Waals surface area contributed by atoms with E-state index in [9.17, 15) is 9.59 Å². The Morgan fingerprint density at radius 3 is 2.41 bits per heavy atom. The van der Waals surface area contributed by atoms with Crippen LogP contribution in [-0.4, -0.2) is 23.5 Å². The number of ether oxygens (including phenoxy) is 1. The van der Waals surface area contributed by atoms with Crippen LogP contribution in [0.15, 0.2) is 0 Å². The van der Waals surface area contributed by atoms with Crippen LogP contribution in [0.4, 0.5) is 4.79 Å². The molecular formula is C13H23NO3. The predicted octanol–water partition coefficient (Wildman–Crippen LogP) is 2.66. The van der Waals surface area contributed by atoms with E-state index in [1.165, 1.54) is 12.8 Å². The first-order valence-corrected chi connectivity index (χ1v) is 6.27. The molecule has 0 spiro atoms. The number of carbonyl (C=O) groups excluding carboxylic acids is 2. The van der Waals surface area contributed by atoms with Crippen molar-refractivity contribution >= 4 is 11.9 Å². The Morgan fingerprint density at radius 2 is 1.94 bits per heavy atom. The number of ketones is 1. The van der Waals surface area contributed by atoms with Crippen LogP contribution in [0, 0.1) is 5.92 Å². The first-order chi connectivity index (χ1) is 7.76. The molecule has 1 rings (SSSR count). The highest BCUT2D eigenvalue weighted by molar-refractivity contribution is 5.80. The van der Waals surface area contributed by atoms with E-state index in [0.717, 1.165) is 0 Å². The quantitative estimate of drug-likeness (QED) is 0.805. The van der Waals surface area contributed by atoms with E-state index in [1.807, 2.05) is 27.7 Å². The molecule has 0 radical (unpaired) electrons. The van der Waals surface area contributed by atoms with E-state index in [1.54, 1.807) is 0 Å². The highest BCUT2D eigenvalue weighted by Crippen LogP contribution is 2.32. The fraction of sp³-hybridized carbons (Fsp3) is 0.846. The molecule has 0 unspecified atom stereocenters. The van der Waals surface area contributed by atoms with Crippen LogP contribution < -0.4 is 5.32 Å². The molecule has 1 atom stereocenters. The second kappa shape index (κ2) is 5.52. The SMILES string of the molecule is C[C@H](CC(=O)CC1CC1)NC(=O)OC(C)(C)C. The van der Waals surface area contributed by atoms with Gasteiger partial charge < -0.3 is 10.1 Å². The van der Waals surface area contributed by atoms with Crippen molar-refractivity contribution in [1.82, 2.24) is 5.32 Å². The maximum Gasteiger partial charge on any atom is 0.407 e. The van der Waals surface area contributed by atoms with Crippen LogP contribution in [0.3, 0.4) is 0 Å². The minimum Gasteiger partial charge on any atom is -0.444 e. The fourth-order valence-electron chi connectivity index (χ4n) is 1.63. The number of hydrogen-bond donors (Lipinski definition) is 1. The third-order valence-corrected chi connectivity index (χ3v) is 2.51. The van der Waals surface area contributed by atoms with Gasteiger partial charge in [-0.3, -0.25) is 4.79 Å². The molecule has 4 nitrogen and oxygen atoms in total. The molecule has 0 bridgehead atoms. The predicted molar refractivity (Wildman–Crippen MR) is 65.8 cm³/mol. The summed E-state index contributed by atoms with van der Waals surface area (Å²) in [6.07, 6.45) is 2.97. The molecular weight excluding hydrogens is 218 g/mol. The molecule has 0 aromatic carbocycles. The van der Waals surface area contributed by atoms with Gasteiger partial charge in [-0.25, -0.2) is 4.79 Å². The minimum absolute atomic E-state index is 0.156. The van der Waals surface area contributed by atoms with Crippen LogP contribution in [-0.2, 0) is 9.53 Å². The lowest BCUT2D eigenvalue weighted by Crippen LogP contribution is -2.38. The van der Waals surface area contributed by atoms with Gasteiger partial charge in [0.15, 0.2) is 0 Å². The van der Waals surface area contributed by atoms with E-state index < -0.39 is 11.7 Å². The molecule has 1 aliphatic rings. The van der Waals surface area contributed by atoms with E-state index in [-0.39, 0.29) is 11.8 Å². The lowest BCUT2D eigenvalue weighted by molar-refractivity contribution is -0.119. The third-order valence-electron chi connectivity index (χ3n) is 2.51. The van der Waals surface area contributed by atoms with Gasteiger partial charge >= 0.3 is 6.09 Å². The van der Waals surface area contributed by atoms with Gasteiger partial charge in [-0.15, -0.1) is 0 Å². The number of hydrogen-bond acceptors (Lipinski definition) is 3. The van der Waals surface area contributed by atoms with Gasteiger partial charge in [0.1, 0.15) is 11.4 Å². The van der Waals surface area contributed by atoms with E-state index in [0.29, 0.717) is 18.8 Å². The molecule has 0 saturated heterocycles. The minimum atomic E-state index is -0.498. The molecule has 1 saturated carbocycles. The van der Waals surface area contributed by atoms with Crippen molar-refractivity contribution in [3.8, 4) is 0 Å². The topological polar surface area (TPSA) is 55.4 Å². The van der Waals surface area contributed by atoms with Crippen molar-refractivity contribution in [2.45, 2.75) is 65.0 Å². The number of nitrogens with one attached hydrogen (secondary N) is 1. The van der Waals surface area contributed by atoms with Crippen molar-refractivity contribution in [2.24, 2.45) is 5.92 Å². The average Bonchev–Trinajstić information content (AvgIpc) is 2.82. The summed E-state index contributed by atoms with van der Waals surface area (Å²) in [5.41, 5.74) is -0.498. The van der Waals surface area contributed by atoms with Crippen molar-refractivity contribution in [3.05, 3.63) is 0 Å². The molecule has 1 fully saturated rings. The average molecular weight is 241 g/mol. The van der Waals surface area contributed by atoms with Crippen molar-refractivity contribution in [1.29, 1.82) is 0 Å². The summed E-state index contributed by atoms with van der Waals surface area (Å²) in [4.78, 5) is 23.0. The second-order valence-electron chi connectivity index (χ2n) is 5.94. The Morgan fingerprint density at radius 1 is 1.35 bits per heavy atom. The lowest BCUT2D eigenvalue weighted by atomic mass is 10.1. The lowest BCUT2D eigenvalue weighted by Gasteiger charge is -2.21. The van der Waals surface area contributed by atoms with E-state index >= 15 is 0 Å². The standard InChI is InChI=1S/C13H23NO3/c1-9(7-11(15)8-10-5-6-10)14-12(16)17-13(2,3)4/h9-10H,5-8H2,1-4H3,(H,14,16)/t9-/m1/s1. The highest BCUT2D eigenvalue weighted by atomic mass is 16.6. The fourth-order valence-corrected chi connectivity index (χ4v) is 1.63. The van der Waals surface area contributed by atoms with E-state index in [4.69, 9.17) is 4.74 Å². The Bertz CT molecular complexity index is 290. The molecule has 0 aromatic heterocycles. The molecule has 1 N–H and O–H groups in total. The van der Waals surface area contributed by atoms with Crippen LogP contribution >= 0.6 is 0 Å². The summed E-state index contributed by atoms with van der Waals surface area (Å²) in [5.74, 6) is 0.840. The summed E-state index contributed by atoms with van der Waals surface area (Å²) < 4.78 is 5.12. The van der Waals surface area contributed by atoms with Gasteiger partial charge in [-0.1, -0.05) is 0 Å². The molecule has 98 valence electrons. The second-order valence-corrected chi connectivity index (χ2v) is 5.94. The largest absolute Gasteiger partial charge is 0.444 e. The van der Waals surface area contributed by atoms with Gasteiger partial charge in [0.05, 0.1) is 0 Å². The highest BCUT2D eigenvalue weighted by Gasteiger charge is 2.25. The summed E-state index contributed by atoms with van der Waals surface area (Å²) in [5, 5.41) is 2.68. The Labute approximate surface area is 103 Å². The summed E-state index contributed by atoms with van der Waals surface area (Å²) in [7, 11) is 0. The van der Waals surface area contributed by atoms with Gasteiger partial charge in [-0.2, -0.15) is 0 Å². The van der Waals surface area contributed by atoms with Crippen molar-refractivity contribution in [3.63, 3.8) is 0 Å². The Kier molecular flexibility index (Phi) is 4.54. The van der Waals surface area contributed by atoms with Gasteiger partial charge in [0.2, 0.25) is 0 Å². The Hall–Kier alpha value is -1.06. The van der Waals surface area contributed by atoms with Gasteiger partial charge in [0.25, 0.3) is 0 Å². The van der Waals surface area contributed by atoms with Crippen LogP contribution in [0.25, 0.3) is 0 Å². The first-order valence-electron chi connectivity index (χ1n) is 6.27. The zero-order valence-corrected chi connectivity index (χ0v) is 11.2. The molecule has 1 aliphatic carbocycles. The number of Topliss-reactive ketones (excluding diaryl/α,β-unsaturated/α-hetero) is 1. The maximum atomic E-state index is 11.6. The van der Waals surface area contributed by atoms with Gasteiger partial charge in [0, 0.05) is 18.9 Å². The maximum absolute atomic E-state index is 11.6. The normalized spacial score (nSPS) is 17.4. The zero-order chi connectivity index (χ0) is 13.1. The Balaban J connectivity index is 2.20. The molecule has 1 amide bonds. The zero-order valence-electron chi connectivity index (χ0n) is 11.2. The summed E-state index contributed by atoms with van der Waals surface area (Å²) in [6, 6.07) is -0.156. The summed E-state index contributed by atoms with van der Waals surface area (Å²) >= 11 is 0. The number of carbonyl (C=O) groups is 2. The molecule has 17 heavy (non-hydrogen) atoms. The van der Waals surface area contributed by atoms with Crippen LogP contribution in [0.2, 0.25) is 0 Å². The third kappa shape index (κ3) is 6.97. The monoisotopic (exact) mass is 241 g/mol. The van der Waals surface area contributed by atoms with Crippen molar-refractivity contribution in [2.75, 3.05) is 0 Å². The van der Waals surface area contributed by atoms with Gasteiger partial charge in [-0.05, 0) is 46.5 Å². The summed E-state index contributed by atoms with van der Waals surface area (Å²) in [6.45, 7) is 7.27. The smallest absolute Gasteiger partial charge is 0.407 e. The molecule has 0 aromatic rings.